The monoisotopic (exact) mass is 984 g/mol. The number of hydrogen-bond acceptors (Lipinski definition) is 13. The van der Waals surface area contributed by atoms with Crippen LogP contribution in [0.2, 0.25) is 0 Å². The van der Waals surface area contributed by atoms with Crippen molar-refractivity contribution in [1.29, 1.82) is 0 Å². The lowest BCUT2D eigenvalue weighted by Gasteiger charge is -2.46. The molecule has 2 fully saturated rings. The lowest BCUT2D eigenvalue weighted by molar-refractivity contribution is -0.359. The van der Waals surface area contributed by atoms with Gasteiger partial charge < -0.3 is 65.1 Å². The molecule has 0 radical (unpaired) electrons. The lowest BCUT2D eigenvalue weighted by atomic mass is 9.97. The molecule has 2 rings (SSSR count). The molecular weight excluding hydrogens is 883 g/mol. The second kappa shape index (κ2) is 41.7. The van der Waals surface area contributed by atoms with Crippen LogP contribution in [0.3, 0.4) is 0 Å². The van der Waals surface area contributed by atoms with E-state index in [-0.39, 0.29) is 18.9 Å². The van der Waals surface area contributed by atoms with Crippen molar-refractivity contribution in [2.45, 2.75) is 286 Å². The first-order valence-corrected chi connectivity index (χ1v) is 27.7. The van der Waals surface area contributed by atoms with Gasteiger partial charge in [-0.15, -0.1) is 0 Å². The smallest absolute Gasteiger partial charge is 0.220 e. The first-order valence-electron chi connectivity index (χ1n) is 27.7. The number of carbonyl (C=O) groups excluding carboxylic acids is 1. The van der Waals surface area contributed by atoms with Crippen LogP contribution >= 0.6 is 0 Å². The topological polar surface area (TPSA) is 228 Å². The second-order valence-corrected chi connectivity index (χ2v) is 19.7. The molecule has 2 saturated heterocycles. The summed E-state index contributed by atoms with van der Waals surface area (Å²) in [6.45, 7) is 2.75. The molecule has 0 aromatic carbocycles. The van der Waals surface area contributed by atoms with Crippen LogP contribution in [-0.2, 0) is 23.7 Å². The second-order valence-electron chi connectivity index (χ2n) is 19.7. The van der Waals surface area contributed by atoms with Gasteiger partial charge in [0.15, 0.2) is 12.6 Å². The Morgan fingerprint density at radius 2 is 0.928 bits per heavy atom. The number of unbranched alkanes of at least 4 members (excludes halogenated alkanes) is 26. The molecule has 2 aliphatic rings. The van der Waals surface area contributed by atoms with Gasteiger partial charge in [0.05, 0.1) is 32.0 Å². The minimum absolute atomic E-state index is 0.251. The Labute approximate surface area is 417 Å². The minimum Gasteiger partial charge on any atom is -0.394 e. The number of carbonyl (C=O) groups is 1. The largest absolute Gasteiger partial charge is 0.394 e. The van der Waals surface area contributed by atoms with Crippen LogP contribution in [-0.4, -0.2) is 140 Å². The summed E-state index contributed by atoms with van der Waals surface area (Å²) in [4.78, 5) is 13.2. The van der Waals surface area contributed by atoms with Gasteiger partial charge in [-0.2, -0.15) is 0 Å². The molecule has 12 unspecified atom stereocenters. The summed E-state index contributed by atoms with van der Waals surface area (Å²) in [5.41, 5.74) is 0. The Hall–Kier alpha value is -1.79. The van der Waals surface area contributed by atoms with E-state index in [0.29, 0.717) is 12.8 Å². The summed E-state index contributed by atoms with van der Waals surface area (Å²) in [5.74, 6) is -0.251. The van der Waals surface area contributed by atoms with Crippen molar-refractivity contribution in [3.05, 3.63) is 36.5 Å². The number of nitrogens with one attached hydrogen (secondary N) is 1. The predicted molar refractivity (Wildman–Crippen MR) is 272 cm³/mol. The highest BCUT2D eigenvalue weighted by Crippen LogP contribution is 2.30. The van der Waals surface area contributed by atoms with Crippen LogP contribution in [0.1, 0.15) is 213 Å². The predicted octanol–water partition coefficient (Wildman–Crippen LogP) is 8.27. The van der Waals surface area contributed by atoms with Crippen LogP contribution in [0, 0.1) is 0 Å². The zero-order valence-corrected chi connectivity index (χ0v) is 43.1. The summed E-state index contributed by atoms with van der Waals surface area (Å²) in [6.07, 6.45) is 31.9. The Balaban J connectivity index is 1.76. The minimum atomic E-state index is -1.79. The average Bonchev–Trinajstić information content (AvgIpc) is 3.35. The standard InChI is InChI=1S/C55H101NO13/c1-3-5-7-9-11-13-15-17-18-19-20-21-22-23-24-25-26-27-29-31-33-35-37-39-47(60)56-43(44(59)38-36-34-32-30-28-16-14-12-10-8-6-4-2)42-66-54-52(65)50(63)53(46(41-58)68-54)69-55-51(64)49(62)48(61)45(40-57)67-55/h19-20,28,30,36,38,43-46,48-55,57-59,61-65H,3-18,21-27,29,31-35,37,39-42H2,1-2H3,(H,56,60)/b20-19-,30-28+,38-36+. The number of hydrogen-bond donors (Lipinski definition) is 9. The van der Waals surface area contributed by atoms with Gasteiger partial charge in [-0.1, -0.05) is 185 Å². The third-order valence-electron chi connectivity index (χ3n) is 13.5. The van der Waals surface area contributed by atoms with Gasteiger partial charge in [0.25, 0.3) is 0 Å². The highest BCUT2D eigenvalue weighted by molar-refractivity contribution is 5.76. The van der Waals surface area contributed by atoms with Gasteiger partial charge in [0.1, 0.15) is 48.8 Å². The molecule has 1 amide bonds. The van der Waals surface area contributed by atoms with Crippen molar-refractivity contribution in [1.82, 2.24) is 5.32 Å². The molecule has 0 aromatic heterocycles. The Morgan fingerprint density at radius 1 is 0.507 bits per heavy atom. The first kappa shape index (κ1) is 63.3. The lowest BCUT2D eigenvalue weighted by Crippen LogP contribution is -2.65. The number of aliphatic hydroxyl groups excluding tert-OH is 8. The molecular formula is C55H101NO13. The summed E-state index contributed by atoms with van der Waals surface area (Å²) in [6, 6.07) is -0.929. The van der Waals surface area contributed by atoms with E-state index < -0.39 is 86.8 Å². The molecule has 2 aliphatic heterocycles. The van der Waals surface area contributed by atoms with E-state index in [4.69, 9.17) is 18.9 Å². The molecule has 69 heavy (non-hydrogen) atoms. The van der Waals surface area contributed by atoms with E-state index in [0.717, 1.165) is 32.1 Å². The van der Waals surface area contributed by atoms with Crippen molar-refractivity contribution in [2.24, 2.45) is 0 Å². The first-order chi connectivity index (χ1) is 33.6. The van der Waals surface area contributed by atoms with E-state index in [1.165, 1.54) is 148 Å². The van der Waals surface area contributed by atoms with Crippen molar-refractivity contribution < 1.29 is 64.6 Å². The molecule has 9 N–H and O–H groups in total. The number of aliphatic hydroxyl groups is 8. The van der Waals surface area contributed by atoms with E-state index in [1.54, 1.807) is 6.08 Å². The maximum Gasteiger partial charge on any atom is 0.220 e. The summed E-state index contributed by atoms with van der Waals surface area (Å²) in [7, 11) is 0. The van der Waals surface area contributed by atoms with E-state index >= 15 is 0 Å². The summed E-state index contributed by atoms with van der Waals surface area (Å²) >= 11 is 0. The molecule has 404 valence electrons. The van der Waals surface area contributed by atoms with Crippen LogP contribution in [0.25, 0.3) is 0 Å². The van der Waals surface area contributed by atoms with Crippen LogP contribution in [0.4, 0.5) is 0 Å². The molecule has 12 atom stereocenters. The van der Waals surface area contributed by atoms with E-state index in [2.05, 4.69) is 43.5 Å². The van der Waals surface area contributed by atoms with E-state index in [1.807, 2.05) is 6.08 Å². The molecule has 2 heterocycles. The SMILES string of the molecule is CCCCCCCC/C=C/CC/C=C/C(O)C(COC1OC(CO)C(OC2OC(CO)C(O)C(O)C2O)C(O)C1O)NC(=O)CCCCCCCCCCCCC/C=C\CCCCCCCCCC. The van der Waals surface area contributed by atoms with Gasteiger partial charge in [-0.25, -0.2) is 0 Å². The third-order valence-corrected chi connectivity index (χ3v) is 13.5. The highest BCUT2D eigenvalue weighted by Gasteiger charge is 2.51. The van der Waals surface area contributed by atoms with Crippen molar-refractivity contribution in [2.75, 3.05) is 19.8 Å². The molecule has 14 heteroatoms. The van der Waals surface area contributed by atoms with Gasteiger partial charge >= 0.3 is 0 Å². The van der Waals surface area contributed by atoms with Crippen LogP contribution < -0.4 is 5.32 Å². The zero-order valence-electron chi connectivity index (χ0n) is 43.1. The average molecular weight is 984 g/mol. The maximum absolute atomic E-state index is 13.2. The molecule has 0 aliphatic carbocycles. The van der Waals surface area contributed by atoms with Gasteiger partial charge in [-0.3, -0.25) is 4.79 Å². The maximum atomic E-state index is 13.2. The fourth-order valence-electron chi connectivity index (χ4n) is 9.01. The summed E-state index contributed by atoms with van der Waals surface area (Å²) < 4.78 is 22.7. The quantitative estimate of drug-likeness (QED) is 0.0207. The van der Waals surface area contributed by atoms with Gasteiger partial charge in [0.2, 0.25) is 5.91 Å². The number of amides is 1. The van der Waals surface area contributed by atoms with Crippen LogP contribution in [0.5, 0.6) is 0 Å². The van der Waals surface area contributed by atoms with E-state index in [9.17, 15) is 45.6 Å². The molecule has 0 bridgehead atoms. The normalized spacial score (nSPS) is 26.4. The van der Waals surface area contributed by atoms with Crippen molar-refractivity contribution in [3.63, 3.8) is 0 Å². The zero-order chi connectivity index (χ0) is 50.3. The van der Waals surface area contributed by atoms with Crippen LogP contribution in [0.15, 0.2) is 36.5 Å². The van der Waals surface area contributed by atoms with Gasteiger partial charge in [0, 0.05) is 6.42 Å². The molecule has 0 saturated carbocycles. The van der Waals surface area contributed by atoms with Gasteiger partial charge in [-0.05, 0) is 57.8 Å². The number of ether oxygens (including phenoxy) is 4. The van der Waals surface area contributed by atoms with Crippen molar-refractivity contribution >= 4 is 5.91 Å². The molecule has 0 aromatic rings. The third kappa shape index (κ3) is 28.3. The Bertz CT molecular complexity index is 1300. The Morgan fingerprint density at radius 3 is 1.42 bits per heavy atom. The fourth-order valence-corrected chi connectivity index (χ4v) is 9.01. The number of allylic oxidation sites excluding steroid dienone is 5. The highest BCUT2D eigenvalue weighted by atomic mass is 16.7. The molecule has 0 spiro atoms. The fraction of sp³-hybridized carbons (Fsp3) is 0.873. The molecule has 14 nitrogen and oxygen atoms in total. The van der Waals surface area contributed by atoms with Crippen molar-refractivity contribution in [3.8, 4) is 0 Å². The Kier molecular flexibility index (Phi) is 38.2. The number of rotatable bonds is 43. The summed E-state index contributed by atoms with van der Waals surface area (Å²) in [5, 5.41) is 86.8.